The Bertz CT molecular complexity index is 632. The molecule has 1 saturated heterocycles. The van der Waals surface area contributed by atoms with E-state index in [0.29, 0.717) is 5.92 Å². The Balaban J connectivity index is 0.00000161. The van der Waals surface area contributed by atoms with Gasteiger partial charge in [0.2, 0.25) is 0 Å². The second kappa shape index (κ2) is 6.77. The van der Waals surface area contributed by atoms with E-state index < -0.39 is 0 Å². The molecule has 5 heteroatoms. The van der Waals surface area contributed by atoms with Crippen LogP contribution in [0.15, 0.2) is 24.3 Å². The molecule has 1 unspecified atom stereocenters. The van der Waals surface area contributed by atoms with Crippen molar-refractivity contribution in [3.05, 3.63) is 34.7 Å². The average molecular weight is 325 g/mol. The van der Waals surface area contributed by atoms with Gasteiger partial charge in [0.05, 0.1) is 4.88 Å². The summed E-state index contributed by atoms with van der Waals surface area (Å²) in [4.78, 5) is 13.4. The summed E-state index contributed by atoms with van der Waals surface area (Å²) in [6.07, 6.45) is 1.11. The zero-order valence-corrected chi connectivity index (χ0v) is 13.9. The summed E-state index contributed by atoms with van der Waals surface area (Å²) in [5.41, 5.74) is 1.24. The Morgan fingerprint density at radius 2 is 2.14 bits per heavy atom. The van der Waals surface area contributed by atoms with Crippen molar-refractivity contribution in [1.29, 1.82) is 0 Å². The second-order valence-corrected chi connectivity index (χ2v) is 6.71. The molecule has 2 heterocycles. The monoisotopic (exact) mass is 324 g/mol. The summed E-state index contributed by atoms with van der Waals surface area (Å²) in [6.45, 7) is 6.02. The van der Waals surface area contributed by atoms with Gasteiger partial charge in [-0.2, -0.15) is 0 Å². The van der Waals surface area contributed by atoms with Gasteiger partial charge in [0, 0.05) is 17.3 Å². The highest BCUT2D eigenvalue weighted by atomic mass is 35.5. The largest absolute Gasteiger partial charge is 0.349 e. The molecule has 1 aromatic carbocycles. The van der Waals surface area contributed by atoms with Crippen LogP contribution in [0.2, 0.25) is 0 Å². The molecular formula is C16H21ClN2OS. The SMILES string of the molecule is CC(C)NC(=O)c1sc2ccccc2c1C1CCNC1.Cl. The van der Waals surface area contributed by atoms with Crippen LogP contribution in [0, 0.1) is 0 Å². The minimum atomic E-state index is 0. The predicted octanol–water partition coefficient (Wildman–Crippen LogP) is 3.54. The molecule has 21 heavy (non-hydrogen) atoms. The summed E-state index contributed by atoms with van der Waals surface area (Å²) in [5.74, 6) is 0.530. The van der Waals surface area contributed by atoms with Crippen LogP contribution in [-0.2, 0) is 0 Å². The number of fused-ring (bicyclic) bond motifs is 1. The third kappa shape index (κ3) is 3.23. The molecule has 1 fully saturated rings. The molecular weight excluding hydrogens is 304 g/mol. The van der Waals surface area contributed by atoms with E-state index in [2.05, 4.69) is 28.8 Å². The minimum Gasteiger partial charge on any atom is -0.349 e. The number of hydrogen-bond acceptors (Lipinski definition) is 3. The molecule has 2 aromatic rings. The minimum absolute atomic E-state index is 0. The Hall–Kier alpha value is -1.10. The first-order valence-corrected chi connectivity index (χ1v) is 8.01. The molecule has 2 N–H and O–H groups in total. The van der Waals surface area contributed by atoms with Crippen LogP contribution < -0.4 is 10.6 Å². The van der Waals surface area contributed by atoms with Gasteiger partial charge in [-0.25, -0.2) is 0 Å². The van der Waals surface area contributed by atoms with Gasteiger partial charge >= 0.3 is 0 Å². The maximum atomic E-state index is 12.5. The number of carbonyl (C=O) groups is 1. The molecule has 0 radical (unpaired) electrons. The van der Waals surface area contributed by atoms with E-state index in [-0.39, 0.29) is 24.4 Å². The van der Waals surface area contributed by atoms with Gasteiger partial charge in [-0.1, -0.05) is 18.2 Å². The smallest absolute Gasteiger partial charge is 0.261 e. The molecule has 0 saturated carbocycles. The van der Waals surface area contributed by atoms with Crippen molar-refractivity contribution in [2.24, 2.45) is 0 Å². The van der Waals surface area contributed by atoms with Crippen LogP contribution in [0.1, 0.15) is 41.4 Å². The van der Waals surface area contributed by atoms with Crippen molar-refractivity contribution in [2.45, 2.75) is 32.2 Å². The predicted molar refractivity (Wildman–Crippen MR) is 91.9 cm³/mol. The number of rotatable bonds is 3. The lowest BCUT2D eigenvalue weighted by Crippen LogP contribution is -2.30. The number of halogens is 1. The molecule has 1 atom stereocenters. The molecule has 0 aliphatic carbocycles. The lowest BCUT2D eigenvalue weighted by molar-refractivity contribution is 0.0946. The van der Waals surface area contributed by atoms with E-state index in [4.69, 9.17) is 0 Å². The molecule has 1 aliphatic rings. The normalized spacial score (nSPS) is 18.0. The number of benzene rings is 1. The molecule has 1 aromatic heterocycles. The van der Waals surface area contributed by atoms with Crippen LogP contribution in [0.4, 0.5) is 0 Å². The van der Waals surface area contributed by atoms with Crippen molar-refractivity contribution in [3.63, 3.8) is 0 Å². The standard InChI is InChI=1S/C16H20N2OS.ClH/c1-10(2)18-16(19)15-14(11-7-8-17-9-11)12-5-3-4-6-13(12)20-15;/h3-6,10-11,17H,7-9H2,1-2H3,(H,18,19);1H. The second-order valence-electron chi connectivity index (χ2n) is 5.66. The Labute approximate surface area is 135 Å². The Morgan fingerprint density at radius 3 is 2.81 bits per heavy atom. The fourth-order valence-electron chi connectivity index (χ4n) is 2.87. The van der Waals surface area contributed by atoms with Gasteiger partial charge < -0.3 is 10.6 Å². The van der Waals surface area contributed by atoms with E-state index in [1.165, 1.54) is 15.6 Å². The van der Waals surface area contributed by atoms with Crippen molar-refractivity contribution >= 4 is 39.7 Å². The highest BCUT2D eigenvalue weighted by Gasteiger charge is 2.27. The van der Waals surface area contributed by atoms with E-state index in [0.717, 1.165) is 24.4 Å². The van der Waals surface area contributed by atoms with Crippen LogP contribution >= 0.6 is 23.7 Å². The Kier molecular flexibility index (Phi) is 5.25. The highest BCUT2D eigenvalue weighted by Crippen LogP contribution is 2.38. The van der Waals surface area contributed by atoms with Crippen LogP contribution in [0.3, 0.4) is 0 Å². The van der Waals surface area contributed by atoms with E-state index in [1.54, 1.807) is 11.3 Å². The first-order valence-electron chi connectivity index (χ1n) is 7.20. The average Bonchev–Trinajstić information content (AvgIpc) is 3.04. The van der Waals surface area contributed by atoms with E-state index in [9.17, 15) is 4.79 Å². The lowest BCUT2D eigenvalue weighted by Gasteiger charge is -2.13. The number of amides is 1. The van der Waals surface area contributed by atoms with Crippen molar-refractivity contribution < 1.29 is 4.79 Å². The third-order valence-electron chi connectivity index (χ3n) is 3.73. The van der Waals surface area contributed by atoms with Crippen LogP contribution in [0.25, 0.3) is 10.1 Å². The topological polar surface area (TPSA) is 41.1 Å². The third-order valence-corrected chi connectivity index (χ3v) is 4.91. The number of hydrogen-bond donors (Lipinski definition) is 2. The fourth-order valence-corrected chi connectivity index (χ4v) is 4.06. The molecule has 0 bridgehead atoms. The first kappa shape index (κ1) is 16.3. The molecule has 1 aliphatic heterocycles. The van der Waals surface area contributed by atoms with Gasteiger partial charge in [0.1, 0.15) is 0 Å². The van der Waals surface area contributed by atoms with Crippen molar-refractivity contribution in [3.8, 4) is 0 Å². The summed E-state index contributed by atoms with van der Waals surface area (Å²) in [5, 5.41) is 7.69. The molecule has 3 nitrogen and oxygen atoms in total. The fraction of sp³-hybridized carbons (Fsp3) is 0.438. The summed E-state index contributed by atoms with van der Waals surface area (Å²) in [7, 11) is 0. The first-order chi connectivity index (χ1) is 9.66. The molecule has 114 valence electrons. The maximum Gasteiger partial charge on any atom is 0.261 e. The quantitative estimate of drug-likeness (QED) is 0.906. The maximum absolute atomic E-state index is 12.5. The highest BCUT2D eigenvalue weighted by molar-refractivity contribution is 7.21. The van der Waals surface area contributed by atoms with Gasteiger partial charge in [0.25, 0.3) is 5.91 Å². The van der Waals surface area contributed by atoms with Crippen molar-refractivity contribution in [1.82, 2.24) is 10.6 Å². The number of thiophene rings is 1. The van der Waals surface area contributed by atoms with Gasteiger partial charge in [-0.15, -0.1) is 23.7 Å². The zero-order chi connectivity index (χ0) is 14.1. The molecule has 3 rings (SSSR count). The molecule has 0 spiro atoms. The van der Waals surface area contributed by atoms with E-state index in [1.807, 2.05) is 19.9 Å². The lowest BCUT2D eigenvalue weighted by atomic mass is 9.95. The Morgan fingerprint density at radius 1 is 1.38 bits per heavy atom. The summed E-state index contributed by atoms with van der Waals surface area (Å²) >= 11 is 1.62. The van der Waals surface area contributed by atoms with Crippen molar-refractivity contribution in [2.75, 3.05) is 13.1 Å². The van der Waals surface area contributed by atoms with Gasteiger partial charge in [-0.3, -0.25) is 4.79 Å². The van der Waals surface area contributed by atoms with Crippen LogP contribution in [0.5, 0.6) is 0 Å². The summed E-state index contributed by atoms with van der Waals surface area (Å²) in [6, 6.07) is 8.52. The number of carbonyl (C=O) groups excluding carboxylic acids is 1. The van der Waals surface area contributed by atoms with Gasteiger partial charge in [0.15, 0.2) is 0 Å². The molecule has 1 amide bonds. The number of nitrogens with one attached hydrogen (secondary N) is 2. The summed E-state index contributed by atoms with van der Waals surface area (Å²) < 4.78 is 1.21. The zero-order valence-electron chi connectivity index (χ0n) is 12.3. The van der Waals surface area contributed by atoms with E-state index >= 15 is 0 Å². The van der Waals surface area contributed by atoms with Gasteiger partial charge in [-0.05, 0) is 49.7 Å². The van der Waals surface area contributed by atoms with Crippen LogP contribution in [-0.4, -0.2) is 25.0 Å².